The number of rotatable bonds is 1. The standard InChI is InChI=1S/C20H28N2O3/c1-13-19(14-7-3-4-10-17(14)25-13)20(24)22-12-6-9-15-16(22)8-5-11-18(23)21(15)2/h15-16H,3-12H2,1-2H3/t15-,16-/m1/s1. The lowest BCUT2D eigenvalue weighted by molar-refractivity contribution is -0.132. The number of hydrogen-bond donors (Lipinski definition) is 0. The van der Waals surface area contributed by atoms with Gasteiger partial charge in [-0.1, -0.05) is 0 Å². The van der Waals surface area contributed by atoms with Crippen molar-refractivity contribution in [3.8, 4) is 0 Å². The number of likely N-dealkylation sites (tertiary alicyclic amines) is 2. The number of hydrogen-bond acceptors (Lipinski definition) is 3. The van der Waals surface area contributed by atoms with E-state index in [-0.39, 0.29) is 23.9 Å². The van der Waals surface area contributed by atoms with Crippen LogP contribution in [0.25, 0.3) is 0 Å². The van der Waals surface area contributed by atoms with Crippen LogP contribution in [0.15, 0.2) is 4.42 Å². The van der Waals surface area contributed by atoms with E-state index < -0.39 is 0 Å². The zero-order chi connectivity index (χ0) is 17.6. The normalized spacial score (nSPS) is 26.9. The number of carbonyl (C=O) groups is 2. The van der Waals surface area contributed by atoms with Crippen LogP contribution in [0.2, 0.25) is 0 Å². The van der Waals surface area contributed by atoms with Crippen molar-refractivity contribution in [1.29, 1.82) is 0 Å². The molecule has 0 bridgehead atoms. The summed E-state index contributed by atoms with van der Waals surface area (Å²) in [7, 11) is 1.91. The summed E-state index contributed by atoms with van der Waals surface area (Å²) in [6, 6.07) is 0.307. The van der Waals surface area contributed by atoms with E-state index in [0.29, 0.717) is 6.42 Å². The molecule has 0 spiro atoms. The molecule has 2 fully saturated rings. The molecule has 3 heterocycles. The second-order valence-corrected chi connectivity index (χ2v) is 7.81. The van der Waals surface area contributed by atoms with Crippen LogP contribution in [-0.4, -0.2) is 47.3 Å². The molecule has 1 aromatic rings. The molecule has 0 radical (unpaired) electrons. The summed E-state index contributed by atoms with van der Waals surface area (Å²) in [6.45, 7) is 2.72. The second kappa shape index (κ2) is 6.50. The maximum atomic E-state index is 13.5. The van der Waals surface area contributed by atoms with Crippen molar-refractivity contribution < 1.29 is 14.0 Å². The number of piperidine rings is 1. The van der Waals surface area contributed by atoms with Gasteiger partial charge in [0.1, 0.15) is 11.5 Å². The minimum Gasteiger partial charge on any atom is -0.465 e. The molecule has 0 saturated carbocycles. The quantitative estimate of drug-likeness (QED) is 0.787. The summed E-state index contributed by atoms with van der Waals surface area (Å²) >= 11 is 0. The molecule has 2 atom stereocenters. The number of nitrogens with zero attached hydrogens (tertiary/aromatic N) is 2. The SMILES string of the molecule is Cc1oc2c(c1C(=O)N1CCC[C@@H]3[C@H]1CCCC(=O)N3C)CCCC2. The third-order valence-corrected chi connectivity index (χ3v) is 6.35. The largest absolute Gasteiger partial charge is 0.465 e. The summed E-state index contributed by atoms with van der Waals surface area (Å²) in [6.07, 6.45) is 8.54. The summed E-state index contributed by atoms with van der Waals surface area (Å²) in [5.74, 6) is 2.14. The molecule has 1 aliphatic carbocycles. The van der Waals surface area contributed by atoms with Gasteiger partial charge < -0.3 is 14.2 Å². The Kier molecular flexibility index (Phi) is 4.34. The smallest absolute Gasteiger partial charge is 0.258 e. The molecule has 0 unspecified atom stereocenters. The van der Waals surface area contributed by atoms with Crippen LogP contribution in [0.5, 0.6) is 0 Å². The van der Waals surface area contributed by atoms with E-state index in [2.05, 4.69) is 4.90 Å². The Morgan fingerprint density at radius 3 is 2.64 bits per heavy atom. The molecule has 2 amide bonds. The average molecular weight is 344 g/mol. The summed E-state index contributed by atoms with van der Waals surface area (Å²) in [5, 5.41) is 0. The minimum absolute atomic E-state index is 0.127. The first-order chi connectivity index (χ1) is 12.1. The molecule has 5 heteroatoms. The number of fused-ring (bicyclic) bond motifs is 2. The van der Waals surface area contributed by atoms with E-state index in [9.17, 15) is 9.59 Å². The lowest BCUT2D eigenvalue weighted by Crippen LogP contribution is -2.56. The Morgan fingerprint density at radius 2 is 1.80 bits per heavy atom. The molecule has 0 aromatic carbocycles. The molecule has 25 heavy (non-hydrogen) atoms. The topological polar surface area (TPSA) is 53.8 Å². The van der Waals surface area contributed by atoms with Crippen LogP contribution >= 0.6 is 0 Å². The Balaban J connectivity index is 1.66. The van der Waals surface area contributed by atoms with Crippen LogP contribution in [0.4, 0.5) is 0 Å². The second-order valence-electron chi connectivity index (χ2n) is 7.81. The zero-order valence-corrected chi connectivity index (χ0v) is 15.3. The molecule has 2 saturated heterocycles. The van der Waals surface area contributed by atoms with Gasteiger partial charge in [-0.05, 0) is 51.9 Å². The molecule has 0 N–H and O–H groups in total. The van der Waals surface area contributed by atoms with E-state index in [1.165, 1.54) is 0 Å². The van der Waals surface area contributed by atoms with Gasteiger partial charge in [0.2, 0.25) is 5.91 Å². The Hall–Kier alpha value is -1.78. The fraction of sp³-hybridized carbons (Fsp3) is 0.700. The highest BCUT2D eigenvalue weighted by molar-refractivity contribution is 5.97. The van der Waals surface area contributed by atoms with Crippen molar-refractivity contribution in [3.63, 3.8) is 0 Å². The lowest BCUT2D eigenvalue weighted by atomic mass is 9.90. The Morgan fingerprint density at radius 1 is 1.04 bits per heavy atom. The van der Waals surface area contributed by atoms with Gasteiger partial charge in [0.15, 0.2) is 0 Å². The van der Waals surface area contributed by atoms with Crippen LogP contribution < -0.4 is 0 Å². The van der Waals surface area contributed by atoms with Gasteiger partial charge in [0.05, 0.1) is 17.6 Å². The summed E-state index contributed by atoms with van der Waals surface area (Å²) < 4.78 is 5.94. The first-order valence-corrected chi connectivity index (χ1v) is 9.75. The maximum absolute atomic E-state index is 13.5. The fourth-order valence-electron chi connectivity index (χ4n) is 5.04. The van der Waals surface area contributed by atoms with Crippen molar-refractivity contribution in [1.82, 2.24) is 9.80 Å². The zero-order valence-electron chi connectivity index (χ0n) is 15.3. The molecule has 1 aromatic heterocycles. The van der Waals surface area contributed by atoms with Crippen molar-refractivity contribution in [2.24, 2.45) is 0 Å². The highest BCUT2D eigenvalue weighted by Crippen LogP contribution is 2.34. The first kappa shape index (κ1) is 16.7. The fourth-order valence-corrected chi connectivity index (χ4v) is 5.04. The first-order valence-electron chi connectivity index (χ1n) is 9.75. The van der Waals surface area contributed by atoms with Crippen molar-refractivity contribution in [2.45, 2.75) is 76.8 Å². The van der Waals surface area contributed by atoms with Crippen molar-refractivity contribution >= 4 is 11.8 Å². The van der Waals surface area contributed by atoms with Gasteiger partial charge in [-0.15, -0.1) is 0 Å². The van der Waals surface area contributed by atoms with Crippen molar-refractivity contribution in [3.05, 3.63) is 22.6 Å². The van der Waals surface area contributed by atoms with Gasteiger partial charge in [-0.25, -0.2) is 0 Å². The summed E-state index contributed by atoms with van der Waals surface area (Å²) in [4.78, 5) is 29.6. The molecule has 5 nitrogen and oxygen atoms in total. The third kappa shape index (κ3) is 2.77. The lowest BCUT2D eigenvalue weighted by Gasteiger charge is -2.43. The average Bonchev–Trinajstić information content (AvgIpc) is 2.88. The van der Waals surface area contributed by atoms with E-state index in [0.717, 1.165) is 80.6 Å². The van der Waals surface area contributed by atoms with Gasteiger partial charge >= 0.3 is 0 Å². The molecule has 4 rings (SSSR count). The minimum atomic E-state index is 0.127. The van der Waals surface area contributed by atoms with Crippen LogP contribution in [0.1, 0.15) is 72.4 Å². The van der Waals surface area contributed by atoms with E-state index in [1.54, 1.807) is 0 Å². The molecular weight excluding hydrogens is 316 g/mol. The number of carbonyl (C=O) groups excluding carboxylic acids is 2. The highest BCUT2D eigenvalue weighted by Gasteiger charge is 2.41. The van der Waals surface area contributed by atoms with Crippen LogP contribution in [0, 0.1) is 6.92 Å². The van der Waals surface area contributed by atoms with Crippen LogP contribution in [0.3, 0.4) is 0 Å². The van der Waals surface area contributed by atoms with Gasteiger partial charge in [-0.3, -0.25) is 9.59 Å². The van der Waals surface area contributed by atoms with Crippen molar-refractivity contribution in [2.75, 3.05) is 13.6 Å². The van der Waals surface area contributed by atoms with E-state index >= 15 is 0 Å². The predicted octanol–water partition coefficient (Wildman–Crippen LogP) is 3.08. The monoisotopic (exact) mass is 344 g/mol. The third-order valence-electron chi connectivity index (χ3n) is 6.35. The number of likely N-dealkylation sites (N-methyl/N-ethyl adjacent to an activating group) is 1. The Bertz CT molecular complexity index is 693. The Labute approximate surface area is 149 Å². The molecular formula is C20H28N2O3. The maximum Gasteiger partial charge on any atom is 0.258 e. The number of furan rings is 1. The highest BCUT2D eigenvalue weighted by atomic mass is 16.3. The predicted molar refractivity (Wildman–Crippen MR) is 94.6 cm³/mol. The van der Waals surface area contributed by atoms with E-state index in [4.69, 9.17) is 4.42 Å². The van der Waals surface area contributed by atoms with Gasteiger partial charge in [0, 0.05) is 32.0 Å². The molecule has 2 aliphatic heterocycles. The van der Waals surface area contributed by atoms with Gasteiger partial charge in [0.25, 0.3) is 5.91 Å². The van der Waals surface area contributed by atoms with E-state index in [1.807, 2.05) is 18.9 Å². The summed E-state index contributed by atoms with van der Waals surface area (Å²) in [5.41, 5.74) is 1.96. The molecule has 136 valence electrons. The van der Waals surface area contributed by atoms with Gasteiger partial charge in [-0.2, -0.15) is 0 Å². The van der Waals surface area contributed by atoms with Crippen LogP contribution in [-0.2, 0) is 17.6 Å². The molecule has 3 aliphatic rings. The number of amides is 2. The number of aryl methyl sites for hydroxylation is 2.